The molecule has 0 aliphatic carbocycles. The summed E-state index contributed by atoms with van der Waals surface area (Å²) in [7, 11) is 0. The number of aliphatic carboxylic acids is 1. The summed E-state index contributed by atoms with van der Waals surface area (Å²) in [6, 6.07) is 23.1. The highest BCUT2D eigenvalue weighted by atomic mass is 19.4. The highest BCUT2D eigenvalue weighted by Gasteiger charge is 2.39. The van der Waals surface area contributed by atoms with Crippen LogP contribution in [0.1, 0.15) is 45.7 Å². The lowest BCUT2D eigenvalue weighted by Crippen LogP contribution is -2.44. The molecule has 2 amide bonds. The Morgan fingerprint density at radius 3 is 2.10 bits per heavy atom. The Hall–Kier alpha value is -4.92. The molecule has 1 aliphatic rings. The van der Waals surface area contributed by atoms with Gasteiger partial charge < -0.3 is 15.3 Å². The second-order valence-corrected chi connectivity index (χ2v) is 10.5. The van der Waals surface area contributed by atoms with Crippen LogP contribution in [0.15, 0.2) is 91.0 Å². The molecule has 4 aromatic rings. The van der Waals surface area contributed by atoms with Crippen molar-refractivity contribution >= 4 is 23.5 Å². The first-order chi connectivity index (χ1) is 19.9. The number of carbonyl (C=O) groups excluding carboxylic acids is 2. The fourth-order valence-electron chi connectivity index (χ4n) is 5.25. The second kappa shape index (κ2) is 11.2. The van der Waals surface area contributed by atoms with Crippen molar-refractivity contribution in [3.63, 3.8) is 0 Å². The van der Waals surface area contributed by atoms with Crippen LogP contribution in [0.3, 0.4) is 0 Å². The lowest BCUT2D eigenvalue weighted by molar-refractivity contribution is -0.144. The number of fused-ring (bicyclic) bond motifs is 1. The molecular weight excluding hydrogens is 545 g/mol. The van der Waals surface area contributed by atoms with E-state index in [1.807, 2.05) is 30.3 Å². The van der Waals surface area contributed by atoms with Gasteiger partial charge in [-0.15, -0.1) is 0 Å². The summed E-state index contributed by atoms with van der Waals surface area (Å²) in [5.74, 6) is -2.60. The largest absolute Gasteiger partial charge is 0.480 e. The van der Waals surface area contributed by atoms with E-state index in [0.29, 0.717) is 5.56 Å². The Bertz CT molecular complexity index is 1670. The zero-order valence-electron chi connectivity index (χ0n) is 22.8. The van der Waals surface area contributed by atoms with Crippen LogP contribution in [0.2, 0.25) is 0 Å². The number of hydrogen-bond acceptors (Lipinski definition) is 3. The minimum Gasteiger partial charge on any atom is -0.480 e. The predicted octanol–water partition coefficient (Wildman–Crippen LogP) is 7.36. The van der Waals surface area contributed by atoms with Crippen LogP contribution in [0.5, 0.6) is 0 Å². The van der Waals surface area contributed by atoms with Gasteiger partial charge in [-0.25, -0.2) is 4.79 Å². The summed E-state index contributed by atoms with van der Waals surface area (Å²) in [6.07, 6.45) is -4.76. The summed E-state index contributed by atoms with van der Waals surface area (Å²) in [5.41, 5.74) is 1.85. The number of carboxylic acids is 1. The molecule has 0 spiro atoms. The number of rotatable bonds is 7. The average molecular weight is 573 g/mol. The molecule has 0 saturated heterocycles. The van der Waals surface area contributed by atoms with Crippen molar-refractivity contribution in [1.29, 1.82) is 0 Å². The van der Waals surface area contributed by atoms with Gasteiger partial charge in [0.2, 0.25) is 0 Å². The van der Waals surface area contributed by atoms with E-state index < -0.39 is 35.6 Å². The maximum Gasteiger partial charge on any atom is 0.417 e. The van der Waals surface area contributed by atoms with Gasteiger partial charge in [0.05, 0.1) is 5.56 Å². The lowest BCUT2D eigenvalue weighted by Gasteiger charge is -2.27. The minimum absolute atomic E-state index is 0.0344. The highest BCUT2D eigenvalue weighted by molar-refractivity contribution is 6.05. The van der Waals surface area contributed by atoms with Gasteiger partial charge in [-0.1, -0.05) is 74.5 Å². The predicted molar refractivity (Wildman–Crippen MR) is 153 cm³/mol. The summed E-state index contributed by atoms with van der Waals surface area (Å²) in [5, 5.41) is 12.2. The lowest BCUT2D eigenvalue weighted by atomic mass is 9.95. The van der Waals surface area contributed by atoms with Gasteiger partial charge in [0.15, 0.2) is 0 Å². The number of anilines is 1. The number of nitrogens with zero attached hydrogens (tertiary/aromatic N) is 1. The van der Waals surface area contributed by atoms with Gasteiger partial charge in [0.25, 0.3) is 11.8 Å². The smallest absolute Gasteiger partial charge is 0.417 e. The Balaban J connectivity index is 1.41. The quantitative estimate of drug-likeness (QED) is 0.242. The molecular formula is C33H27F3N2O4. The van der Waals surface area contributed by atoms with Crippen molar-refractivity contribution in [2.75, 3.05) is 5.32 Å². The number of halogens is 3. The van der Waals surface area contributed by atoms with E-state index in [1.165, 1.54) is 29.2 Å². The number of alkyl halides is 3. The minimum atomic E-state index is -4.76. The van der Waals surface area contributed by atoms with Crippen LogP contribution < -0.4 is 5.32 Å². The van der Waals surface area contributed by atoms with Gasteiger partial charge >= 0.3 is 12.1 Å². The third kappa shape index (κ3) is 5.63. The van der Waals surface area contributed by atoms with E-state index in [4.69, 9.17) is 0 Å². The van der Waals surface area contributed by atoms with Crippen LogP contribution in [0.4, 0.5) is 18.9 Å². The summed E-state index contributed by atoms with van der Waals surface area (Å²) < 4.78 is 42.7. The molecule has 0 unspecified atom stereocenters. The normalized spacial score (nSPS) is 13.7. The second-order valence-electron chi connectivity index (χ2n) is 10.5. The van der Waals surface area contributed by atoms with E-state index in [0.717, 1.165) is 17.2 Å². The zero-order chi connectivity index (χ0) is 30.2. The van der Waals surface area contributed by atoms with E-state index in [2.05, 4.69) is 5.32 Å². The van der Waals surface area contributed by atoms with Crippen molar-refractivity contribution < 1.29 is 32.7 Å². The zero-order valence-corrected chi connectivity index (χ0v) is 22.8. The maximum atomic E-state index is 14.2. The van der Waals surface area contributed by atoms with Gasteiger partial charge in [-0.3, -0.25) is 9.59 Å². The number of nitrogens with one attached hydrogen (secondary N) is 1. The topological polar surface area (TPSA) is 86.7 Å². The van der Waals surface area contributed by atoms with E-state index >= 15 is 0 Å². The molecule has 0 aromatic heterocycles. The molecule has 214 valence electrons. The molecule has 0 fully saturated rings. The van der Waals surface area contributed by atoms with Crippen LogP contribution in [-0.4, -0.2) is 33.8 Å². The third-order valence-corrected chi connectivity index (χ3v) is 7.31. The third-order valence-electron chi connectivity index (χ3n) is 7.31. The molecule has 2 N–H and O–H groups in total. The number of carbonyl (C=O) groups is 3. The SMILES string of the molecule is CC(C)[C@@H](C(=O)O)N1Cc2ccc(-c3ccc(NC(=O)c4ccc(-c5ccccc5)cc4)cc3C(F)(F)F)cc2C1=O. The van der Waals surface area contributed by atoms with Crippen LogP contribution in [0, 0.1) is 5.92 Å². The number of benzene rings is 4. The van der Waals surface area contributed by atoms with Crippen LogP contribution >= 0.6 is 0 Å². The van der Waals surface area contributed by atoms with Gasteiger partial charge in [0.1, 0.15) is 6.04 Å². The monoisotopic (exact) mass is 572 g/mol. The van der Waals surface area contributed by atoms with E-state index in [1.54, 1.807) is 44.2 Å². The van der Waals surface area contributed by atoms with Gasteiger partial charge in [-0.2, -0.15) is 13.2 Å². The molecule has 0 bridgehead atoms. The summed E-state index contributed by atoms with van der Waals surface area (Å²) in [4.78, 5) is 39.0. The summed E-state index contributed by atoms with van der Waals surface area (Å²) in [6.45, 7) is 3.44. The molecule has 6 nitrogen and oxygen atoms in total. The van der Waals surface area contributed by atoms with Crippen molar-refractivity contribution in [1.82, 2.24) is 4.90 Å². The molecule has 5 rings (SSSR count). The van der Waals surface area contributed by atoms with E-state index in [9.17, 15) is 32.7 Å². The van der Waals surface area contributed by atoms with Crippen molar-refractivity contribution in [3.8, 4) is 22.3 Å². The Morgan fingerprint density at radius 2 is 1.48 bits per heavy atom. The molecule has 1 aliphatic heterocycles. The Morgan fingerprint density at radius 1 is 0.833 bits per heavy atom. The maximum absolute atomic E-state index is 14.2. The number of carboxylic acid groups (broad SMARTS) is 1. The van der Waals surface area contributed by atoms with Crippen molar-refractivity contribution in [2.45, 2.75) is 32.6 Å². The van der Waals surface area contributed by atoms with Crippen LogP contribution in [0.25, 0.3) is 22.3 Å². The highest BCUT2D eigenvalue weighted by Crippen LogP contribution is 2.40. The fourth-order valence-corrected chi connectivity index (χ4v) is 5.25. The Kier molecular flexibility index (Phi) is 7.60. The van der Waals surface area contributed by atoms with Crippen LogP contribution in [-0.2, 0) is 17.5 Å². The molecule has 4 aromatic carbocycles. The van der Waals surface area contributed by atoms with Crippen molar-refractivity contribution in [3.05, 3.63) is 113 Å². The molecule has 0 radical (unpaired) electrons. The summed E-state index contributed by atoms with van der Waals surface area (Å²) >= 11 is 0. The average Bonchev–Trinajstić information content (AvgIpc) is 3.27. The molecule has 1 atom stereocenters. The molecule has 0 saturated carbocycles. The first kappa shape index (κ1) is 28.6. The fraction of sp³-hybridized carbons (Fsp3) is 0.182. The number of amides is 2. The van der Waals surface area contributed by atoms with Gasteiger partial charge in [-0.05, 0) is 64.1 Å². The molecule has 9 heteroatoms. The molecule has 1 heterocycles. The first-order valence-electron chi connectivity index (χ1n) is 13.3. The molecule has 42 heavy (non-hydrogen) atoms. The van der Waals surface area contributed by atoms with Gasteiger partial charge in [0, 0.05) is 23.4 Å². The first-order valence-corrected chi connectivity index (χ1v) is 13.3. The standard InChI is InChI=1S/C33H27F3N2O4/c1-19(2)29(32(41)42)38-18-24-13-12-23(16-27(24)31(38)40)26-15-14-25(17-28(26)33(34,35)36)37-30(39)22-10-8-21(9-11-22)20-6-4-3-5-7-20/h3-17,19,29H,18H2,1-2H3,(H,37,39)(H,41,42)/t29-/m0/s1. The number of hydrogen-bond donors (Lipinski definition) is 2. The Labute approximate surface area is 240 Å². The van der Waals surface area contributed by atoms with E-state index in [-0.39, 0.29) is 40.4 Å². The van der Waals surface area contributed by atoms with Crippen molar-refractivity contribution in [2.24, 2.45) is 5.92 Å².